The van der Waals surface area contributed by atoms with E-state index in [1.54, 1.807) is 31.2 Å². The molecule has 27 heavy (non-hydrogen) atoms. The van der Waals surface area contributed by atoms with Crippen molar-refractivity contribution in [1.29, 1.82) is 0 Å². The molecule has 0 radical (unpaired) electrons. The van der Waals surface area contributed by atoms with Crippen LogP contribution in [0.4, 0.5) is 4.79 Å². The van der Waals surface area contributed by atoms with E-state index in [-0.39, 0.29) is 12.3 Å². The fourth-order valence-corrected chi connectivity index (χ4v) is 2.55. The van der Waals surface area contributed by atoms with Crippen molar-refractivity contribution in [2.24, 2.45) is 0 Å². The molecular formula is C20H19N3O4. The summed E-state index contributed by atoms with van der Waals surface area (Å²) < 4.78 is 6.54. The van der Waals surface area contributed by atoms with Crippen LogP contribution in [0.2, 0.25) is 0 Å². The van der Waals surface area contributed by atoms with Crippen molar-refractivity contribution in [3.8, 4) is 5.69 Å². The number of hydrogen-bond acceptors (Lipinski definition) is 4. The van der Waals surface area contributed by atoms with Crippen molar-refractivity contribution in [2.45, 2.75) is 20.1 Å². The van der Waals surface area contributed by atoms with Crippen molar-refractivity contribution in [2.75, 3.05) is 0 Å². The second-order valence-electron chi connectivity index (χ2n) is 5.97. The van der Waals surface area contributed by atoms with Crippen LogP contribution in [0.15, 0.2) is 60.7 Å². The van der Waals surface area contributed by atoms with E-state index in [0.717, 1.165) is 11.1 Å². The zero-order chi connectivity index (χ0) is 19.2. The third kappa shape index (κ3) is 4.72. The first kappa shape index (κ1) is 18.2. The Morgan fingerprint density at radius 2 is 1.78 bits per heavy atom. The molecule has 1 aromatic heterocycles. The van der Waals surface area contributed by atoms with E-state index in [1.165, 1.54) is 10.7 Å². The number of benzene rings is 2. The fourth-order valence-electron chi connectivity index (χ4n) is 2.55. The maximum atomic E-state index is 11.8. The van der Waals surface area contributed by atoms with E-state index in [0.29, 0.717) is 17.9 Å². The molecule has 138 valence electrons. The van der Waals surface area contributed by atoms with Gasteiger partial charge in [-0.25, -0.2) is 14.3 Å². The molecule has 0 aliphatic carbocycles. The van der Waals surface area contributed by atoms with E-state index >= 15 is 0 Å². The Hall–Kier alpha value is -3.61. The Bertz CT molecular complexity index is 934. The Kier molecular flexibility index (Phi) is 5.51. The molecule has 0 fully saturated rings. The van der Waals surface area contributed by atoms with Crippen LogP contribution in [0.5, 0.6) is 0 Å². The van der Waals surface area contributed by atoms with Crippen molar-refractivity contribution in [3.05, 3.63) is 83.2 Å². The summed E-state index contributed by atoms with van der Waals surface area (Å²) in [5.41, 5.74) is 3.13. The molecule has 0 bridgehead atoms. The molecule has 2 N–H and O–H groups in total. The van der Waals surface area contributed by atoms with Crippen LogP contribution < -0.4 is 5.32 Å². The predicted octanol–water partition coefficient (Wildman–Crippen LogP) is 3.31. The number of aromatic carboxylic acids is 1. The molecule has 0 aliphatic rings. The van der Waals surface area contributed by atoms with Crippen LogP contribution in [0, 0.1) is 6.92 Å². The van der Waals surface area contributed by atoms with Gasteiger partial charge in [-0.15, -0.1) is 0 Å². The lowest BCUT2D eigenvalue weighted by Crippen LogP contribution is -2.23. The van der Waals surface area contributed by atoms with Gasteiger partial charge in [0.25, 0.3) is 0 Å². The molecule has 0 aliphatic heterocycles. The van der Waals surface area contributed by atoms with Crippen LogP contribution in [0.25, 0.3) is 5.69 Å². The number of nitrogens with one attached hydrogen (secondary N) is 1. The van der Waals surface area contributed by atoms with Crippen LogP contribution >= 0.6 is 0 Å². The van der Waals surface area contributed by atoms with Crippen molar-refractivity contribution >= 4 is 12.1 Å². The predicted molar refractivity (Wildman–Crippen MR) is 98.7 cm³/mol. The van der Waals surface area contributed by atoms with Gasteiger partial charge in [-0.1, -0.05) is 42.5 Å². The van der Waals surface area contributed by atoms with E-state index in [9.17, 15) is 14.7 Å². The molecule has 7 heteroatoms. The lowest BCUT2D eigenvalue weighted by atomic mass is 10.2. The summed E-state index contributed by atoms with van der Waals surface area (Å²) in [6.07, 6.45) is -0.501. The third-order valence-electron chi connectivity index (χ3n) is 3.88. The molecule has 1 amide bonds. The number of rotatable bonds is 6. The number of alkyl carbamates (subject to hydrolysis) is 1. The lowest BCUT2D eigenvalue weighted by molar-refractivity contribution is 0.0687. The lowest BCUT2D eigenvalue weighted by Gasteiger charge is -2.09. The Morgan fingerprint density at radius 3 is 2.44 bits per heavy atom. The smallest absolute Gasteiger partial charge is 0.407 e. The maximum absolute atomic E-state index is 11.8. The number of aromatic nitrogens is 2. The van der Waals surface area contributed by atoms with E-state index in [4.69, 9.17) is 4.74 Å². The summed E-state index contributed by atoms with van der Waals surface area (Å²) in [6, 6.07) is 18.1. The Morgan fingerprint density at radius 1 is 1.07 bits per heavy atom. The highest BCUT2D eigenvalue weighted by Gasteiger charge is 2.14. The second-order valence-corrected chi connectivity index (χ2v) is 5.97. The van der Waals surface area contributed by atoms with Gasteiger partial charge in [0.05, 0.1) is 11.4 Å². The number of carboxylic acid groups (broad SMARTS) is 1. The van der Waals surface area contributed by atoms with Crippen molar-refractivity contribution in [1.82, 2.24) is 15.1 Å². The van der Waals surface area contributed by atoms with E-state index in [1.807, 2.05) is 30.3 Å². The molecule has 0 atom stereocenters. The average Bonchev–Trinajstić information content (AvgIpc) is 3.08. The van der Waals surface area contributed by atoms with Gasteiger partial charge in [0.2, 0.25) is 0 Å². The minimum Gasteiger partial charge on any atom is -0.477 e. The van der Waals surface area contributed by atoms with Crippen LogP contribution in [-0.2, 0) is 17.9 Å². The first-order valence-electron chi connectivity index (χ1n) is 8.37. The highest BCUT2D eigenvalue weighted by atomic mass is 16.5. The molecular weight excluding hydrogens is 346 g/mol. The normalized spacial score (nSPS) is 10.4. The van der Waals surface area contributed by atoms with Gasteiger partial charge in [0.1, 0.15) is 6.61 Å². The highest BCUT2D eigenvalue weighted by Crippen LogP contribution is 2.14. The Balaban J connectivity index is 1.56. The zero-order valence-corrected chi connectivity index (χ0v) is 14.8. The minimum absolute atomic E-state index is 0.0999. The Labute approximate surface area is 156 Å². The molecule has 0 unspecified atom stereocenters. The molecule has 0 saturated carbocycles. The molecule has 1 heterocycles. The van der Waals surface area contributed by atoms with Gasteiger partial charge < -0.3 is 15.2 Å². The van der Waals surface area contributed by atoms with Crippen molar-refractivity contribution in [3.63, 3.8) is 0 Å². The van der Waals surface area contributed by atoms with Crippen LogP contribution in [-0.4, -0.2) is 26.9 Å². The van der Waals surface area contributed by atoms with Gasteiger partial charge in [0, 0.05) is 6.54 Å². The SMILES string of the molecule is Cc1cc(C(=O)O)n(-c2ccc(CNC(=O)OCc3ccccc3)cc2)n1. The van der Waals surface area contributed by atoms with Gasteiger partial charge in [-0.2, -0.15) is 5.10 Å². The largest absolute Gasteiger partial charge is 0.477 e. The molecule has 2 aromatic carbocycles. The molecule has 0 saturated heterocycles. The van der Waals surface area contributed by atoms with Gasteiger partial charge in [0.15, 0.2) is 5.69 Å². The number of aryl methyl sites for hydroxylation is 1. The highest BCUT2D eigenvalue weighted by molar-refractivity contribution is 5.86. The van der Waals surface area contributed by atoms with Gasteiger partial charge >= 0.3 is 12.1 Å². The summed E-state index contributed by atoms with van der Waals surface area (Å²) in [6.45, 7) is 2.25. The molecule has 7 nitrogen and oxygen atoms in total. The third-order valence-corrected chi connectivity index (χ3v) is 3.88. The van der Waals surface area contributed by atoms with E-state index < -0.39 is 12.1 Å². The number of hydrogen-bond donors (Lipinski definition) is 2. The van der Waals surface area contributed by atoms with Crippen LogP contribution in [0.1, 0.15) is 27.3 Å². The molecule has 3 rings (SSSR count). The standard InChI is InChI=1S/C20H19N3O4/c1-14-11-18(19(24)25)23(22-14)17-9-7-15(8-10-17)12-21-20(26)27-13-16-5-3-2-4-6-16/h2-11H,12-13H2,1H3,(H,21,26)(H,24,25). The fraction of sp³-hybridized carbons (Fsp3) is 0.150. The number of carboxylic acids is 1. The number of amides is 1. The number of carbonyl (C=O) groups is 2. The maximum Gasteiger partial charge on any atom is 0.407 e. The van der Waals surface area contributed by atoms with Crippen LogP contribution in [0.3, 0.4) is 0 Å². The summed E-state index contributed by atoms with van der Waals surface area (Å²) in [5, 5.41) is 16.1. The minimum atomic E-state index is -1.04. The monoisotopic (exact) mass is 365 g/mol. The topological polar surface area (TPSA) is 93.5 Å². The summed E-state index contributed by atoms with van der Waals surface area (Å²) in [4.78, 5) is 23.1. The number of carbonyl (C=O) groups excluding carboxylic acids is 1. The summed E-state index contributed by atoms with van der Waals surface area (Å²) >= 11 is 0. The van der Waals surface area contributed by atoms with E-state index in [2.05, 4.69) is 10.4 Å². The van der Waals surface area contributed by atoms with Crippen molar-refractivity contribution < 1.29 is 19.4 Å². The summed E-state index contributed by atoms with van der Waals surface area (Å²) in [5.74, 6) is -1.04. The molecule has 0 spiro atoms. The zero-order valence-electron chi connectivity index (χ0n) is 14.8. The number of nitrogens with zero attached hydrogens (tertiary/aromatic N) is 2. The van der Waals surface area contributed by atoms with Gasteiger partial charge in [-0.3, -0.25) is 0 Å². The second kappa shape index (κ2) is 8.18. The average molecular weight is 365 g/mol. The first-order valence-corrected chi connectivity index (χ1v) is 8.37. The quantitative estimate of drug-likeness (QED) is 0.699. The molecule has 3 aromatic rings. The number of ether oxygens (including phenoxy) is 1. The summed E-state index contributed by atoms with van der Waals surface area (Å²) in [7, 11) is 0. The van der Waals surface area contributed by atoms with Gasteiger partial charge in [-0.05, 0) is 36.2 Å². The first-order chi connectivity index (χ1) is 13.0.